The van der Waals surface area contributed by atoms with Crippen molar-refractivity contribution in [3.05, 3.63) is 48.4 Å². The van der Waals surface area contributed by atoms with Gasteiger partial charge in [-0.2, -0.15) is 0 Å². The molecule has 1 aromatic heterocycles. The molecule has 1 saturated carbocycles. The van der Waals surface area contributed by atoms with Gasteiger partial charge in [0.25, 0.3) is 5.91 Å². The van der Waals surface area contributed by atoms with E-state index in [4.69, 9.17) is 9.15 Å². The molecule has 2 heterocycles. The number of ether oxygens (including phenoxy) is 1. The second kappa shape index (κ2) is 7.02. The summed E-state index contributed by atoms with van der Waals surface area (Å²) in [5, 5.41) is 10.3. The molecule has 2 aromatic rings. The monoisotopic (exact) mass is 341 g/mol. The number of carbonyl (C=O) groups excluding carboxylic acids is 1. The van der Waals surface area contributed by atoms with E-state index in [1.807, 2.05) is 35.2 Å². The summed E-state index contributed by atoms with van der Waals surface area (Å²) in [6.45, 7) is 1.63. The lowest BCUT2D eigenvalue weighted by Crippen LogP contribution is -2.53. The molecular weight excluding hydrogens is 318 g/mol. The maximum atomic E-state index is 13.2. The standard InChI is InChI=1S/C20H23NO4/c22-19-6-2-5-17(19)18-13-25-10-8-21(18)20(23)15-4-1-3-14(11-15)16-7-9-24-12-16/h1,3-4,7,9,11-12,17-19,22H,2,5-6,8,10,13H2/t17-,18-,19-/m1/s1. The fraction of sp³-hybridized carbons (Fsp3) is 0.450. The molecule has 5 heteroatoms. The van der Waals surface area contributed by atoms with Gasteiger partial charge in [0, 0.05) is 23.6 Å². The lowest BCUT2D eigenvalue weighted by atomic mass is 9.93. The van der Waals surface area contributed by atoms with E-state index < -0.39 is 0 Å². The second-order valence-corrected chi connectivity index (χ2v) is 6.90. The third-order valence-corrected chi connectivity index (χ3v) is 5.42. The molecule has 1 N–H and O–H groups in total. The van der Waals surface area contributed by atoms with Crippen LogP contribution in [0, 0.1) is 5.92 Å². The van der Waals surface area contributed by atoms with Gasteiger partial charge in [0.2, 0.25) is 0 Å². The Balaban J connectivity index is 1.59. The fourth-order valence-electron chi connectivity index (χ4n) is 4.07. The van der Waals surface area contributed by atoms with Crippen molar-refractivity contribution in [2.75, 3.05) is 19.8 Å². The maximum absolute atomic E-state index is 13.2. The van der Waals surface area contributed by atoms with Gasteiger partial charge in [0.1, 0.15) is 0 Å². The van der Waals surface area contributed by atoms with E-state index in [-0.39, 0.29) is 24.0 Å². The molecule has 0 spiro atoms. The highest BCUT2D eigenvalue weighted by atomic mass is 16.5. The Labute approximate surface area is 147 Å². The summed E-state index contributed by atoms with van der Waals surface area (Å²) in [5.41, 5.74) is 2.59. The normalized spacial score (nSPS) is 26.8. The van der Waals surface area contributed by atoms with Crippen LogP contribution in [0.25, 0.3) is 11.1 Å². The molecule has 3 atom stereocenters. The van der Waals surface area contributed by atoms with Crippen LogP contribution in [0.5, 0.6) is 0 Å². The van der Waals surface area contributed by atoms with E-state index in [1.54, 1.807) is 12.5 Å². The number of amides is 1. The van der Waals surface area contributed by atoms with Crippen molar-refractivity contribution in [1.29, 1.82) is 0 Å². The van der Waals surface area contributed by atoms with E-state index in [1.165, 1.54) is 0 Å². The molecule has 1 saturated heterocycles. The molecule has 1 aliphatic heterocycles. The first kappa shape index (κ1) is 16.4. The first-order chi connectivity index (χ1) is 12.2. The van der Waals surface area contributed by atoms with Crippen molar-refractivity contribution in [1.82, 2.24) is 4.90 Å². The summed E-state index contributed by atoms with van der Waals surface area (Å²) in [7, 11) is 0. The van der Waals surface area contributed by atoms with Gasteiger partial charge in [-0.05, 0) is 36.6 Å². The van der Waals surface area contributed by atoms with Gasteiger partial charge in [-0.25, -0.2) is 0 Å². The number of rotatable bonds is 3. The minimum Gasteiger partial charge on any atom is -0.472 e. The lowest BCUT2D eigenvalue weighted by Gasteiger charge is -2.40. The zero-order valence-electron chi connectivity index (χ0n) is 14.1. The molecule has 0 bridgehead atoms. The predicted octanol–water partition coefficient (Wildman–Crippen LogP) is 2.95. The summed E-state index contributed by atoms with van der Waals surface area (Å²) < 4.78 is 10.8. The van der Waals surface area contributed by atoms with E-state index in [9.17, 15) is 9.90 Å². The van der Waals surface area contributed by atoms with Crippen LogP contribution in [0.4, 0.5) is 0 Å². The summed E-state index contributed by atoms with van der Waals surface area (Å²) in [6, 6.07) is 9.47. The third-order valence-electron chi connectivity index (χ3n) is 5.42. The van der Waals surface area contributed by atoms with Crippen LogP contribution in [0.3, 0.4) is 0 Å². The van der Waals surface area contributed by atoms with Crippen LogP contribution in [0.1, 0.15) is 29.6 Å². The van der Waals surface area contributed by atoms with Crippen molar-refractivity contribution in [2.24, 2.45) is 5.92 Å². The molecule has 132 valence electrons. The molecule has 4 rings (SSSR count). The average molecular weight is 341 g/mol. The van der Waals surface area contributed by atoms with Crippen molar-refractivity contribution < 1.29 is 19.1 Å². The van der Waals surface area contributed by atoms with Crippen LogP contribution in [-0.2, 0) is 4.74 Å². The molecular formula is C20H23NO4. The van der Waals surface area contributed by atoms with Crippen LogP contribution >= 0.6 is 0 Å². The minimum atomic E-state index is -0.334. The first-order valence-corrected chi connectivity index (χ1v) is 8.93. The Morgan fingerprint density at radius 2 is 2.12 bits per heavy atom. The minimum absolute atomic E-state index is 0.0118. The van der Waals surface area contributed by atoms with E-state index in [2.05, 4.69) is 0 Å². The van der Waals surface area contributed by atoms with Gasteiger partial charge in [-0.15, -0.1) is 0 Å². The number of furan rings is 1. The van der Waals surface area contributed by atoms with E-state index in [0.29, 0.717) is 25.3 Å². The highest BCUT2D eigenvalue weighted by Crippen LogP contribution is 2.33. The molecule has 25 heavy (non-hydrogen) atoms. The fourth-order valence-corrected chi connectivity index (χ4v) is 4.07. The number of hydrogen-bond donors (Lipinski definition) is 1. The predicted molar refractivity (Wildman–Crippen MR) is 93.1 cm³/mol. The Morgan fingerprint density at radius 1 is 1.20 bits per heavy atom. The number of aliphatic hydroxyl groups is 1. The Bertz CT molecular complexity index is 727. The van der Waals surface area contributed by atoms with Gasteiger partial charge in [-0.1, -0.05) is 18.6 Å². The Morgan fingerprint density at radius 3 is 2.88 bits per heavy atom. The quantitative estimate of drug-likeness (QED) is 0.932. The van der Waals surface area contributed by atoms with Crippen molar-refractivity contribution in [3.8, 4) is 11.1 Å². The Kier molecular flexibility index (Phi) is 4.59. The zero-order valence-corrected chi connectivity index (χ0v) is 14.1. The molecule has 1 aromatic carbocycles. The average Bonchev–Trinajstić information content (AvgIpc) is 3.33. The van der Waals surface area contributed by atoms with Crippen molar-refractivity contribution >= 4 is 5.91 Å². The van der Waals surface area contributed by atoms with E-state index in [0.717, 1.165) is 30.4 Å². The van der Waals surface area contributed by atoms with E-state index >= 15 is 0 Å². The summed E-state index contributed by atoms with van der Waals surface area (Å²) in [4.78, 5) is 15.1. The van der Waals surface area contributed by atoms with Crippen LogP contribution in [0.15, 0.2) is 47.3 Å². The van der Waals surface area contributed by atoms with Gasteiger partial charge in [-0.3, -0.25) is 4.79 Å². The molecule has 5 nitrogen and oxygen atoms in total. The molecule has 2 aliphatic rings. The van der Waals surface area contributed by atoms with Gasteiger partial charge < -0.3 is 19.2 Å². The summed E-state index contributed by atoms with van der Waals surface area (Å²) >= 11 is 0. The molecule has 1 amide bonds. The first-order valence-electron chi connectivity index (χ1n) is 8.93. The number of hydrogen-bond acceptors (Lipinski definition) is 4. The number of morpholine rings is 1. The largest absolute Gasteiger partial charge is 0.472 e. The second-order valence-electron chi connectivity index (χ2n) is 6.90. The summed E-state index contributed by atoms with van der Waals surface area (Å²) in [5.74, 6) is 0.124. The molecule has 2 fully saturated rings. The number of aliphatic hydroxyl groups excluding tert-OH is 1. The third kappa shape index (κ3) is 3.22. The van der Waals surface area contributed by atoms with Gasteiger partial charge >= 0.3 is 0 Å². The molecule has 0 radical (unpaired) electrons. The SMILES string of the molecule is O=C(c1cccc(-c2ccoc2)c1)N1CCOC[C@@H]1[C@H]1CCC[C@H]1O. The smallest absolute Gasteiger partial charge is 0.254 e. The number of carbonyl (C=O) groups is 1. The van der Waals surface area contributed by atoms with Crippen molar-refractivity contribution in [3.63, 3.8) is 0 Å². The number of benzene rings is 1. The van der Waals surface area contributed by atoms with Gasteiger partial charge in [0.15, 0.2) is 0 Å². The number of nitrogens with zero attached hydrogens (tertiary/aromatic N) is 1. The van der Waals surface area contributed by atoms with Crippen LogP contribution in [-0.4, -0.2) is 47.8 Å². The molecule has 0 unspecified atom stereocenters. The zero-order chi connectivity index (χ0) is 17.2. The lowest BCUT2D eigenvalue weighted by molar-refractivity contribution is -0.0383. The maximum Gasteiger partial charge on any atom is 0.254 e. The van der Waals surface area contributed by atoms with Crippen molar-refractivity contribution in [2.45, 2.75) is 31.4 Å². The Hall–Kier alpha value is -2.11. The van der Waals surface area contributed by atoms with Gasteiger partial charge in [0.05, 0.1) is 37.9 Å². The van der Waals surface area contributed by atoms with Crippen LogP contribution in [0.2, 0.25) is 0 Å². The molecule has 1 aliphatic carbocycles. The highest BCUT2D eigenvalue weighted by Gasteiger charge is 2.39. The highest BCUT2D eigenvalue weighted by molar-refractivity contribution is 5.95. The summed E-state index contributed by atoms with van der Waals surface area (Å²) in [6.07, 6.45) is 5.76. The van der Waals surface area contributed by atoms with Crippen LogP contribution < -0.4 is 0 Å². The topological polar surface area (TPSA) is 62.9 Å².